The Balaban J connectivity index is 3.73. The van der Waals surface area contributed by atoms with Crippen LogP contribution in [0, 0.1) is 0 Å². The predicted octanol–water partition coefficient (Wildman–Crippen LogP) is 4.09. The van der Waals surface area contributed by atoms with Crippen molar-refractivity contribution in [1.82, 2.24) is 0 Å². The van der Waals surface area contributed by atoms with Crippen molar-refractivity contribution in [2.45, 2.75) is 0 Å². The van der Waals surface area contributed by atoms with Crippen molar-refractivity contribution < 1.29 is 0 Å². The molecule has 0 aromatic heterocycles. The van der Waals surface area contributed by atoms with E-state index < -0.39 is -2.15 Å². The van der Waals surface area contributed by atoms with Crippen LogP contribution in [0.15, 0.2) is 0 Å². The Bertz CT molecular complexity index is 40.7. The van der Waals surface area contributed by atoms with E-state index in [0.29, 0.717) is 0 Å². The Kier molecular flexibility index (Phi) is 3.83. The fourth-order valence-corrected chi connectivity index (χ4v) is 0. The molecule has 0 amide bonds. The maximum atomic E-state index is 2.50. The molecule has 0 aromatic rings. The van der Waals surface area contributed by atoms with Gasteiger partial charge in [0.05, 0.1) is 0 Å². The van der Waals surface area contributed by atoms with Crippen LogP contribution < -0.4 is 0 Å². The first-order chi connectivity index (χ1) is 2.24. The third-order valence-corrected chi connectivity index (χ3v) is 0. The highest BCUT2D eigenvalue weighted by molar-refractivity contribution is 14.6. The molecule has 0 nitrogen and oxygen atoms in total. The second-order valence-electron chi connectivity index (χ2n) is 1.06. The number of halogens is 4. The van der Waals surface area contributed by atoms with Crippen molar-refractivity contribution >= 4 is 82.7 Å². The molecule has 0 aliphatic rings. The summed E-state index contributed by atoms with van der Waals surface area (Å²) in [5.74, 6) is 0. The highest BCUT2D eigenvalue weighted by Crippen LogP contribution is 2.93. The Hall–Kier alpha value is 3.27. The van der Waals surface area contributed by atoms with Gasteiger partial charge in [0.2, 0.25) is 0 Å². The van der Waals surface area contributed by atoms with Crippen LogP contribution in [0.3, 0.4) is 0 Å². The molecule has 0 aromatic carbocycles. The first-order valence-electron chi connectivity index (χ1n) is 1.12. The lowest BCUT2D eigenvalue weighted by Gasteiger charge is -2.30. The number of thiol groups is 1. The van der Waals surface area contributed by atoms with Gasteiger partial charge in [-0.25, -0.2) is 0 Å². The van der Waals surface area contributed by atoms with E-state index in [1.54, 1.807) is 0 Å². The SMILES string of the molecule is C[SH](I)(I)(I)I. The molecule has 0 atom stereocenters. The first kappa shape index (κ1) is 9.27. The minimum Gasteiger partial charge on any atom is -0.119 e. The van der Waals surface area contributed by atoms with Gasteiger partial charge in [0.1, 0.15) is 0 Å². The predicted molar refractivity (Wildman–Crippen MR) is 71.0 cm³/mol. The topological polar surface area (TPSA) is 0 Å². The van der Waals surface area contributed by atoms with E-state index in [1.807, 2.05) is 0 Å². The Morgan fingerprint density at radius 2 is 1.00 bits per heavy atom. The molecule has 0 saturated carbocycles. The normalized spacial score (nSPS) is 19.2. The summed E-state index contributed by atoms with van der Waals surface area (Å²) < 4.78 is -1.17. The van der Waals surface area contributed by atoms with Crippen molar-refractivity contribution in [2.24, 2.45) is 0 Å². The average Bonchev–Trinajstić information content (AvgIpc) is 0.650. The van der Waals surface area contributed by atoms with Crippen molar-refractivity contribution in [1.29, 1.82) is 0 Å². The lowest BCUT2D eigenvalue weighted by Crippen LogP contribution is -1.63. The molecule has 0 radical (unpaired) electrons. The van der Waals surface area contributed by atoms with Crippen LogP contribution in [0.1, 0.15) is 0 Å². The van der Waals surface area contributed by atoms with Gasteiger partial charge >= 0.3 is 0 Å². The molecule has 0 bridgehead atoms. The van der Waals surface area contributed by atoms with E-state index in [1.165, 1.54) is 0 Å². The van der Waals surface area contributed by atoms with Gasteiger partial charge in [-0.05, 0) is 91.1 Å². The zero-order chi connectivity index (χ0) is 5.45. The summed E-state index contributed by atoms with van der Waals surface area (Å²) in [7, 11) is 0. The van der Waals surface area contributed by atoms with Crippen LogP contribution in [0.4, 0.5) is 0 Å². The van der Waals surface area contributed by atoms with Crippen LogP contribution in [-0.2, 0) is 0 Å². The monoisotopic (exact) mass is 556 g/mol. The second-order valence-corrected chi connectivity index (χ2v) is 65.4. The fraction of sp³-hybridized carbons (Fsp3) is 1.00. The lowest BCUT2D eigenvalue weighted by molar-refractivity contribution is 2.54. The Morgan fingerprint density at radius 3 is 1.00 bits per heavy atom. The number of hydrogen-bond acceptors (Lipinski definition) is 0. The van der Waals surface area contributed by atoms with E-state index in [0.717, 1.165) is 0 Å². The smallest absolute Gasteiger partial charge is 0.0173 e. The van der Waals surface area contributed by atoms with E-state index in [-0.39, 0.29) is 0 Å². The summed E-state index contributed by atoms with van der Waals surface area (Å²) >= 11 is 10.0. The van der Waals surface area contributed by atoms with E-state index >= 15 is 0 Å². The summed E-state index contributed by atoms with van der Waals surface area (Å²) in [5, 5.41) is 0. The van der Waals surface area contributed by atoms with Crippen molar-refractivity contribution in [3.63, 3.8) is 0 Å². The third-order valence-electron chi connectivity index (χ3n) is 0. The Labute approximate surface area is 86.6 Å². The quantitative estimate of drug-likeness (QED) is 0.338. The summed E-state index contributed by atoms with van der Waals surface area (Å²) in [6.45, 7) is 0. The molecular weight excluding hydrogens is 552 g/mol. The van der Waals surface area contributed by atoms with Gasteiger partial charge in [-0.3, -0.25) is 0 Å². The van der Waals surface area contributed by atoms with Crippen molar-refractivity contribution in [2.75, 3.05) is 6.26 Å². The van der Waals surface area contributed by atoms with Crippen molar-refractivity contribution in [3.8, 4) is 0 Å². The van der Waals surface area contributed by atoms with Crippen LogP contribution in [0.25, 0.3) is 0 Å². The maximum Gasteiger partial charge on any atom is -0.0173 e. The van der Waals surface area contributed by atoms with Gasteiger partial charge in [-0.1, -0.05) is 0 Å². The molecule has 0 aliphatic heterocycles. The van der Waals surface area contributed by atoms with Gasteiger partial charge in [-0.15, -0.1) is -2.15 Å². The van der Waals surface area contributed by atoms with E-state index in [4.69, 9.17) is 0 Å². The number of rotatable bonds is 0. The molecule has 5 heteroatoms. The molecular formula is CH4I4S. The Morgan fingerprint density at radius 1 is 1.00 bits per heavy atom. The maximum absolute atomic E-state index is 2.50. The summed E-state index contributed by atoms with van der Waals surface area (Å²) in [6, 6.07) is 0. The van der Waals surface area contributed by atoms with Crippen LogP contribution >= 0.6 is 82.7 Å². The highest BCUT2D eigenvalue weighted by Gasteiger charge is 2.17. The van der Waals surface area contributed by atoms with Gasteiger partial charge in [-0.2, -0.15) is 0 Å². The standard InChI is InChI=1S/CH4I4S/c1-6(2,3,4)5/h6H,1H3. The zero-order valence-corrected chi connectivity index (χ0v) is 12.5. The minimum atomic E-state index is -1.17. The van der Waals surface area contributed by atoms with Crippen LogP contribution in [0.5, 0.6) is 0 Å². The molecule has 6 heavy (non-hydrogen) atoms. The summed E-state index contributed by atoms with van der Waals surface area (Å²) in [5.41, 5.74) is 0. The second kappa shape index (κ2) is 2.48. The van der Waals surface area contributed by atoms with E-state index in [9.17, 15) is 0 Å². The number of hydrogen-bond donors (Lipinski definition) is 1. The van der Waals surface area contributed by atoms with E-state index in [2.05, 4.69) is 91.1 Å². The zero-order valence-electron chi connectivity index (χ0n) is 2.96. The van der Waals surface area contributed by atoms with Crippen LogP contribution in [-0.4, -0.2) is 6.26 Å². The summed E-state index contributed by atoms with van der Waals surface area (Å²) in [4.78, 5) is 0. The van der Waals surface area contributed by atoms with Crippen molar-refractivity contribution in [3.05, 3.63) is 0 Å². The molecule has 0 spiro atoms. The van der Waals surface area contributed by atoms with Gasteiger partial charge in [0.25, 0.3) is 0 Å². The fourth-order valence-electron chi connectivity index (χ4n) is 0. The lowest BCUT2D eigenvalue weighted by atomic mass is 12.0. The molecule has 42 valence electrons. The van der Waals surface area contributed by atoms with Crippen LogP contribution in [0.2, 0.25) is 0 Å². The largest absolute Gasteiger partial charge is 0.119 e. The minimum absolute atomic E-state index is 1.17. The molecule has 0 aliphatic carbocycles. The molecule has 0 saturated heterocycles. The van der Waals surface area contributed by atoms with Gasteiger partial charge < -0.3 is 0 Å². The molecule has 0 N–H and O–H groups in total. The molecule has 0 unspecified atom stereocenters. The van der Waals surface area contributed by atoms with Gasteiger partial charge in [0.15, 0.2) is 0 Å². The molecule has 0 fully saturated rings. The average molecular weight is 556 g/mol. The third kappa shape index (κ3) is 26.7. The van der Waals surface area contributed by atoms with Gasteiger partial charge in [0, 0.05) is 0 Å². The highest BCUT2D eigenvalue weighted by atomic mass is 127. The summed E-state index contributed by atoms with van der Waals surface area (Å²) in [6.07, 6.45) is 2.29. The molecule has 0 heterocycles. The first-order valence-corrected chi connectivity index (χ1v) is 14.9. The molecule has 0 rings (SSSR count).